The molecule has 0 aliphatic heterocycles. The molecule has 1 aromatic rings. The molecule has 0 fully saturated rings. The molecule has 1 aromatic carbocycles. The monoisotopic (exact) mass is 326 g/mol. The number of benzene rings is 1. The fourth-order valence-corrected chi connectivity index (χ4v) is 2.03. The minimum Gasteiger partial charge on any atom is -0.356 e. The van der Waals surface area contributed by atoms with Crippen molar-refractivity contribution in [2.24, 2.45) is 5.73 Å². The highest BCUT2D eigenvalue weighted by molar-refractivity contribution is 5.97. The van der Waals surface area contributed by atoms with Crippen molar-refractivity contribution in [2.45, 2.75) is 45.4 Å². The van der Waals surface area contributed by atoms with Gasteiger partial charge in [-0.3, -0.25) is 9.59 Å². The van der Waals surface area contributed by atoms with Gasteiger partial charge in [0.25, 0.3) is 0 Å². The quantitative estimate of drug-likeness (QED) is 0.513. The van der Waals surface area contributed by atoms with E-state index in [0.717, 1.165) is 19.3 Å². The molecule has 4 nitrogen and oxygen atoms in total. The summed E-state index contributed by atoms with van der Waals surface area (Å²) in [6.07, 6.45) is 4.63. The number of amides is 1. The molecule has 5 heteroatoms. The van der Waals surface area contributed by atoms with E-state index >= 15 is 0 Å². The number of ketones is 1. The van der Waals surface area contributed by atoms with Gasteiger partial charge in [0.2, 0.25) is 5.91 Å². The smallest absolute Gasteiger partial charge is 0.220 e. The first-order valence-electron chi connectivity index (χ1n) is 7.76. The van der Waals surface area contributed by atoms with Gasteiger partial charge in [-0.15, -0.1) is 12.4 Å². The Balaban J connectivity index is 0.00000441. The lowest BCUT2D eigenvalue weighted by atomic mass is 10.0. The highest BCUT2D eigenvalue weighted by Gasteiger charge is 2.09. The van der Waals surface area contributed by atoms with E-state index in [2.05, 4.69) is 12.2 Å². The average Bonchev–Trinajstić information content (AvgIpc) is 2.51. The SMILES string of the molecule is CCCCc1ccc(C(=O)CCC(=O)NCCCN)cc1.Cl. The summed E-state index contributed by atoms with van der Waals surface area (Å²) in [6, 6.07) is 7.73. The lowest BCUT2D eigenvalue weighted by Gasteiger charge is -2.05. The molecule has 0 unspecified atom stereocenters. The number of hydrogen-bond acceptors (Lipinski definition) is 3. The van der Waals surface area contributed by atoms with Gasteiger partial charge in [-0.05, 0) is 31.4 Å². The van der Waals surface area contributed by atoms with Crippen LogP contribution in [0.2, 0.25) is 0 Å². The van der Waals surface area contributed by atoms with Crippen LogP contribution in [0, 0.1) is 0 Å². The van der Waals surface area contributed by atoms with E-state index in [0.29, 0.717) is 18.7 Å². The number of carbonyl (C=O) groups excluding carboxylic acids is 2. The Morgan fingerprint density at radius 2 is 1.77 bits per heavy atom. The molecule has 0 saturated heterocycles. The van der Waals surface area contributed by atoms with Crippen molar-refractivity contribution in [3.05, 3.63) is 35.4 Å². The summed E-state index contributed by atoms with van der Waals surface area (Å²) in [5.74, 6) is -0.0672. The molecule has 0 aromatic heterocycles. The number of rotatable bonds is 10. The van der Waals surface area contributed by atoms with E-state index in [9.17, 15) is 9.59 Å². The van der Waals surface area contributed by atoms with Crippen LogP contribution < -0.4 is 11.1 Å². The molecule has 0 aliphatic carbocycles. The second kappa shape index (κ2) is 12.2. The van der Waals surface area contributed by atoms with Crippen LogP contribution in [-0.2, 0) is 11.2 Å². The van der Waals surface area contributed by atoms with Gasteiger partial charge in [0.05, 0.1) is 0 Å². The molecule has 0 bridgehead atoms. The van der Waals surface area contributed by atoms with Crippen molar-refractivity contribution in [1.82, 2.24) is 5.32 Å². The predicted octanol–water partition coefficient (Wildman–Crippen LogP) is 2.88. The number of nitrogens with two attached hydrogens (primary N) is 1. The maximum absolute atomic E-state index is 12.0. The lowest BCUT2D eigenvalue weighted by Crippen LogP contribution is -2.26. The van der Waals surface area contributed by atoms with Crippen molar-refractivity contribution in [3.63, 3.8) is 0 Å². The van der Waals surface area contributed by atoms with Crippen molar-refractivity contribution >= 4 is 24.1 Å². The Morgan fingerprint density at radius 1 is 1.09 bits per heavy atom. The first kappa shape index (κ1) is 20.6. The van der Waals surface area contributed by atoms with Crippen molar-refractivity contribution in [2.75, 3.05) is 13.1 Å². The second-order valence-electron chi connectivity index (χ2n) is 5.22. The molecule has 0 spiro atoms. The Labute approximate surface area is 139 Å². The van der Waals surface area contributed by atoms with E-state index < -0.39 is 0 Å². The number of aryl methyl sites for hydroxylation is 1. The van der Waals surface area contributed by atoms with Gasteiger partial charge >= 0.3 is 0 Å². The lowest BCUT2D eigenvalue weighted by molar-refractivity contribution is -0.121. The van der Waals surface area contributed by atoms with Gasteiger partial charge < -0.3 is 11.1 Å². The topological polar surface area (TPSA) is 72.2 Å². The molecule has 0 saturated carbocycles. The largest absolute Gasteiger partial charge is 0.356 e. The molecule has 3 N–H and O–H groups in total. The van der Waals surface area contributed by atoms with Crippen LogP contribution in [0.1, 0.15) is 54.9 Å². The van der Waals surface area contributed by atoms with Gasteiger partial charge in [-0.2, -0.15) is 0 Å². The Kier molecular flexibility index (Phi) is 11.4. The van der Waals surface area contributed by atoms with Gasteiger partial charge in [0.15, 0.2) is 5.78 Å². The highest BCUT2D eigenvalue weighted by Crippen LogP contribution is 2.10. The number of carbonyl (C=O) groups is 2. The predicted molar refractivity (Wildman–Crippen MR) is 92.5 cm³/mol. The normalized spacial score (nSPS) is 9.91. The van der Waals surface area contributed by atoms with E-state index in [1.807, 2.05) is 24.3 Å². The van der Waals surface area contributed by atoms with Gasteiger partial charge in [0, 0.05) is 24.9 Å². The summed E-state index contributed by atoms with van der Waals surface area (Å²) in [7, 11) is 0. The summed E-state index contributed by atoms with van der Waals surface area (Å²) in [4.78, 5) is 23.5. The number of Topliss-reactive ketones (excluding diaryl/α,β-unsaturated/α-hetero) is 1. The maximum Gasteiger partial charge on any atom is 0.220 e. The fraction of sp³-hybridized carbons (Fsp3) is 0.529. The summed E-state index contributed by atoms with van der Waals surface area (Å²) < 4.78 is 0. The van der Waals surface area contributed by atoms with E-state index in [1.165, 1.54) is 12.0 Å². The molecule has 124 valence electrons. The third kappa shape index (κ3) is 8.15. The molecule has 0 atom stereocenters. The Morgan fingerprint density at radius 3 is 2.36 bits per heavy atom. The Hall–Kier alpha value is -1.39. The zero-order chi connectivity index (χ0) is 15.5. The summed E-state index contributed by atoms with van der Waals surface area (Å²) in [6.45, 7) is 3.30. The van der Waals surface area contributed by atoms with Crippen molar-refractivity contribution < 1.29 is 9.59 Å². The molecule has 0 aliphatic rings. The summed E-state index contributed by atoms with van der Waals surface area (Å²) in [5.41, 5.74) is 7.29. The number of unbranched alkanes of at least 4 members (excludes halogenated alkanes) is 1. The minimum atomic E-state index is -0.0867. The Bertz CT molecular complexity index is 446. The number of halogens is 1. The standard InChI is InChI=1S/C17H26N2O2.ClH/c1-2-3-5-14-6-8-15(9-7-14)16(20)10-11-17(21)19-13-4-12-18;/h6-9H,2-5,10-13,18H2,1H3,(H,19,21);1H. The van der Waals surface area contributed by atoms with Crippen molar-refractivity contribution in [3.8, 4) is 0 Å². The molecule has 0 radical (unpaired) electrons. The molecule has 0 heterocycles. The molecular weight excluding hydrogens is 300 g/mol. The number of nitrogens with one attached hydrogen (secondary N) is 1. The van der Waals surface area contributed by atoms with Crippen molar-refractivity contribution in [1.29, 1.82) is 0 Å². The zero-order valence-corrected chi connectivity index (χ0v) is 14.1. The summed E-state index contributed by atoms with van der Waals surface area (Å²) >= 11 is 0. The van der Waals surface area contributed by atoms with Crippen LogP contribution in [-0.4, -0.2) is 24.8 Å². The average molecular weight is 327 g/mol. The van der Waals surface area contributed by atoms with Crippen LogP contribution in [0.3, 0.4) is 0 Å². The zero-order valence-electron chi connectivity index (χ0n) is 13.3. The maximum atomic E-state index is 12.0. The second-order valence-corrected chi connectivity index (χ2v) is 5.22. The van der Waals surface area contributed by atoms with E-state index in [1.54, 1.807) is 0 Å². The molecule has 1 amide bonds. The first-order valence-corrected chi connectivity index (χ1v) is 7.76. The molecule has 1 rings (SSSR count). The van der Waals surface area contributed by atoms with Gasteiger partial charge in [-0.25, -0.2) is 0 Å². The number of hydrogen-bond donors (Lipinski definition) is 2. The molecule has 22 heavy (non-hydrogen) atoms. The van der Waals surface area contributed by atoms with Crippen LogP contribution in [0.15, 0.2) is 24.3 Å². The fourth-order valence-electron chi connectivity index (χ4n) is 2.03. The van der Waals surface area contributed by atoms with Crippen LogP contribution in [0.25, 0.3) is 0 Å². The van der Waals surface area contributed by atoms with Gasteiger partial charge in [-0.1, -0.05) is 37.6 Å². The highest BCUT2D eigenvalue weighted by atomic mass is 35.5. The third-order valence-corrected chi connectivity index (χ3v) is 3.38. The van der Waals surface area contributed by atoms with Crippen LogP contribution in [0.4, 0.5) is 0 Å². The van der Waals surface area contributed by atoms with Crippen LogP contribution in [0.5, 0.6) is 0 Å². The minimum absolute atomic E-state index is 0. The third-order valence-electron chi connectivity index (χ3n) is 3.38. The summed E-state index contributed by atoms with van der Waals surface area (Å²) in [5, 5.41) is 2.75. The molecular formula is C17H27ClN2O2. The van der Waals surface area contributed by atoms with E-state index in [-0.39, 0.29) is 36.9 Å². The van der Waals surface area contributed by atoms with Crippen LogP contribution >= 0.6 is 12.4 Å². The van der Waals surface area contributed by atoms with Gasteiger partial charge in [0.1, 0.15) is 0 Å². The van der Waals surface area contributed by atoms with E-state index in [4.69, 9.17) is 5.73 Å². The first-order chi connectivity index (χ1) is 10.2.